The molecule has 0 saturated carbocycles. The highest BCUT2D eigenvalue weighted by Gasteiger charge is 1.99. The fourth-order valence-electron chi connectivity index (χ4n) is 1.77. The summed E-state index contributed by atoms with van der Waals surface area (Å²) in [6, 6.07) is 0. The van der Waals surface area contributed by atoms with Gasteiger partial charge >= 0.3 is 0 Å². The average Bonchev–Trinajstić information content (AvgIpc) is 2.47. The van der Waals surface area contributed by atoms with Crippen molar-refractivity contribution in [3.63, 3.8) is 0 Å². The fourth-order valence-corrected chi connectivity index (χ4v) is 1.77. The molecule has 0 aromatic carbocycles. The SMILES string of the molecule is OC(CF)CNC/C=C/C=C/CCCCCCCCF. The molecule has 0 aromatic rings. The summed E-state index contributed by atoms with van der Waals surface area (Å²) < 4.78 is 23.7. The molecule has 0 saturated heterocycles. The Morgan fingerprint density at radius 1 is 0.900 bits per heavy atom. The molecule has 0 fully saturated rings. The molecule has 2 nitrogen and oxygen atoms in total. The molecule has 0 aliphatic carbocycles. The second-order valence-corrected chi connectivity index (χ2v) is 4.92. The van der Waals surface area contributed by atoms with Crippen LogP contribution in [-0.2, 0) is 0 Å². The number of hydrogen-bond acceptors (Lipinski definition) is 2. The quantitative estimate of drug-likeness (QED) is 0.377. The summed E-state index contributed by atoms with van der Waals surface area (Å²) in [6.45, 7) is 0.0317. The van der Waals surface area contributed by atoms with E-state index >= 15 is 0 Å². The lowest BCUT2D eigenvalue weighted by Gasteiger charge is -2.04. The third kappa shape index (κ3) is 15.3. The summed E-state index contributed by atoms with van der Waals surface area (Å²) in [6.07, 6.45) is 14.7. The number of aliphatic hydroxyl groups is 1. The molecule has 0 heterocycles. The predicted molar refractivity (Wildman–Crippen MR) is 81.4 cm³/mol. The van der Waals surface area contributed by atoms with Gasteiger partial charge in [0, 0.05) is 13.1 Å². The topological polar surface area (TPSA) is 32.3 Å². The van der Waals surface area contributed by atoms with E-state index in [1.807, 2.05) is 18.2 Å². The maximum absolute atomic E-state index is 11.9. The summed E-state index contributed by atoms with van der Waals surface area (Å²) >= 11 is 0. The van der Waals surface area contributed by atoms with Crippen molar-refractivity contribution in [1.29, 1.82) is 0 Å². The molecule has 20 heavy (non-hydrogen) atoms. The van der Waals surface area contributed by atoms with Crippen molar-refractivity contribution < 1.29 is 13.9 Å². The number of unbranched alkanes of at least 4 members (excludes halogenated alkanes) is 6. The number of nitrogens with one attached hydrogen (secondary N) is 1. The van der Waals surface area contributed by atoms with Gasteiger partial charge in [-0.05, 0) is 19.3 Å². The number of aliphatic hydroxyl groups excluding tert-OH is 1. The van der Waals surface area contributed by atoms with Crippen molar-refractivity contribution in [2.75, 3.05) is 26.4 Å². The lowest BCUT2D eigenvalue weighted by molar-refractivity contribution is 0.139. The monoisotopic (exact) mass is 289 g/mol. The van der Waals surface area contributed by atoms with Gasteiger partial charge in [0.15, 0.2) is 0 Å². The first-order chi connectivity index (χ1) is 9.81. The highest BCUT2D eigenvalue weighted by Crippen LogP contribution is 2.07. The van der Waals surface area contributed by atoms with Gasteiger partial charge in [0.05, 0.1) is 12.8 Å². The highest BCUT2D eigenvalue weighted by atomic mass is 19.1. The van der Waals surface area contributed by atoms with E-state index in [9.17, 15) is 8.78 Å². The van der Waals surface area contributed by atoms with Crippen molar-refractivity contribution in [2.24, 2.45) is 0 Å². The summed E-state index contributed by atoms with van der Waals surface area (Å²) in [5, 5.41) is 11.9. The molecule has 1 atom stereocenters. The molecule has 0 aliphatic rings. The zero-order valence-electron chi connectivity index (χ0n) is 12.4. The average molecular weight is 289 g/mol. The minimum absolute atomic E-state index is 0.184. The van der Waals surface area contributed by atoms with Crippen molar-refractivity contribution in [3.8, 4) is 0 Å². The van der Waals surface area contributed by atoms with Gasteiger partial charge in [0.1, 0.15) is 6.67 Å². The van der Waals surface area contributed by atoms with Crippen LogP contribution < -0.4 is 5.32 Å². The molecule has 0 rings (SSSR count). The Hall–Kier alpha value is -0.740. The van der Waals surface area contributed by atoms with Crippen LogP contribution in [0.1, 0.15) is 44.9 Å². The van der Waals surface area contributed by atoms with E-state index in [0.717, 1.165) is 19.3 Å². The van der Waals surface area contributed by atoms with Gasteiger partial charge in [-0.15, -0.1) is 0 Å². The maximum atomic E-state index is 11.9. The first kappa shape index (κ1) is 19.3. The van der Waals surface area contributed by atoms with Crippen LogP contribution in [0, 0.1) is 0 Å². The summed E-state index contributed by atoms with van der Waals surface area (Å²) in [5.41, 5.74) is 0. The van der Waals surface area contributed by atoms with Gasteiger partial charge in [-0.2, -0.15) is 0 Å². The molecule has 0 radical (unpaired) electrons. The van der Waals surface area contributed by atoms with E-state index in [1.54, 1.807) is 0 Å². The first-order valence-electron chi connectivity index (χ1n) is 7.63. The van der Waals surface area contributed by atoms with Crippen molar-refractivity contribution in [2.45, 2.75) is 51.0 Å². The summed E-state index contributed by atoms with van der Waals surface area (Å²) in [4.78, 5) is 0. The molecule has 0 amide bonds. The number of hydrogen-bond donors (Lipinski definition) is 2. The Morgan fingerprint density at radius 3 is 2.25 bits per heavy atom. The molecule has 1 unspecified atom stereocenters. The number of alkyl halides is 2. The van der Waals surface area contributed by atoms with Crippen LogP contribution in [0.4, 0.5) is 8.78 Å². The lowest BCUT2D eigenvalue weighted by atomic mass is 10.1. The maximum Gasteiger partial charge on any atom is 0.117 e. The number of halogens is 2. The van der Waals surface area contributed by atoms with Crippen LogP contribution in [0.3, 0.4) is 0 Å². The van der Waals surface area contributed by atoms with Gasteiger partial charge in [0.25, 0.3) is 0 Å². The molecule has 118 valence electrons. The number of rotatable bonds is 14. The molecule has 2 N–H and O–H groups in total. The van der Waals surface area contributed by atoms with Crippen LogP contribution in [0.15, 0.2) is 24.3 Å². The molecular weight excluding hydrogens is 260 g/mol. The Balaban J connectivity index is 3.22. The van der Waals surface area contributed by atoms with Crippen molar-refractivity contribution in [3.05, 3.63) is 24.3 Å². The highest BCUT2D eigenvalue weighted by molar-refractivity contribution is 5.03. The van der Waals surface area contributed by atoms with Crippen molar-refractivity contribution in [1.82, 2.24) is 5.32 Å². The van der Waals surface area contributed by atoms with Gasteiger partial charge in [-0.1, -0.05) is 50.0 Å². The molecule has 0 spiro atoms. The van der Waals surface area contributed by atoms with E-state index in [-0.39, 0.29) is 13.2 Å². The van der Waals surface area contributed by atoms with Crippen LogP contribution in [-0.4, -0.2) is 37.6 Å². The summed E-state index contributed by atoms with van der Waals surface area (Å²) in [7, 11) is 0. The van der Waals surface area contributed by atoms with Gasteiger partial charge in [0.2, 0.25) is 0 Å². The zero-order valence-corrected chi connectivity index (χ0v) is 12.4. The zero-order chi connectivity index (χ0) is 14.9. The molecule has 0 aliphatic heterocycles. The third-order valence-corrected chi connectivity index (χ3v) is 2.96. The molecule has 4 heteroatoms. The minimum Gasteiger partial charge on any atom is -0.389 e. The lowest BCUT2D eigenvalue weighted by Crippen LogP contribution is -2.28. The second-order valence-electron chi connectivity index (χ2n) is 4.92. The van der Waals surface area contributed by atoms with E-state index in [1.165, 1.54) is 19.3 Å². The van der Waals surface area contributed by atoms with E-state index in [4.69, 9.17) is 5.11 Å². The van der Waals surface area contributed by atoms with Gasteiger partial charge < -0.3 is 10.4 Å². The minimum atomic E-state index is -0.899. The Kier molecular flexibility index (Phi) is 15.7. The van der Waals surface area contributed by atoms with Crippen LogP contribution >= 0.6 is 0 Å². The van der Waals surface area contributed by atoms with E-state index < -0.39 is 12.8 Å². The van der Waals surface area contributed by atoms with Crippen LogP contribution in [0.5, 0.6) is 0 Å². The van der Waals surface area contributed by atoms with Gasteiger partial charge in [-0.25, -0.2) is 4.39 Å². The Morgan fingerprint density at radius 2 is 1.55 bits per heavy atom. The van der Waals surface area contributed by atoms with Crippen molar-refractivity contribution >= 4 is 0 Å². The normalized spacial score (nSPS) is 13.6. The number of allylic oxidation sites excluding steroid dienone is 3. The Labute approximate surface area is 122 Å². The molecular formula is C16H29F2NO. The largest absolute Gasteiger partial charge is 0.389 e. The first-order valence-corrected chi connectivity index (χ1v) is 7.63. The van der Waals surface area contributed by atoms with Gasteiger partial charge in [-0.3, -0.25) is 4.39 Å². The second kappa shape index (κ2) is 16.3. The fraction of sp³-hybridized carbons (Fsp3) is 0.750. The molecule has 0 aromatic heterocycles. The van der Waals surface area contributed by atoms with Crippen LogP contribution in [0.2, 0.25) is 0 Å². The van der Waals surface area contributed by atoms with Crippen LogP contribution in [0.25, 0.3) is 0 Å². The standard InChI is InChI=1S/C16H29F2NO/c17-12-10-8-6-4-2-1-3-5-7-9-11-13-19-15-16(20)14-18/h5,7,9,11,16,19-20H,1-4,6,8,10,12-15H2/b7-5+,11-9+. The Bertz CT molecular complexity index is 245. The third-order valence-electron chi connectivity index (χ3n) is 2.96. The van der Waals surface area contributed by atoms with E-state index in [2.05, 4.69) is 11.4 Å². The smallest absolute Gasteiger partial charge is 0.117 e. The predicted octanol–water partition coefficient (Wildman–Crippen LogP) is 3.72. The van der Waals surface area contributed by atoms with E-state index in [0.29, 0.717) is 13.0 Å². The summed E-state index contributed by atoms with van der Waals surface area (Å²) in [5.74, 6) is 0. The molecule has 0 bridgehead atoms.